The number of hydrogen-bond acceptors (Lipinski definition) is 6. The van der Waals surface area contributed by atoms with Gasteiger partial charge < -0.3 is 14.2 Å². The Bertz CT molecular complexity index is 1820. The van der Waals surface area contributed by atoms with Crippen molar-refractivity contribution in [1.82, 2.24) is 0 Å². The van der Waals surface area contributed by atoms with Gasteiger partial charge in [-0.2, -0.15) is 0 Å². The third kappa shape index (κ3) is 63.5. The quantitative estimate of drug-likeness (QED) is 0.0261. The van der Waals surface area contributed by atoms with E-state index in [0.29, 0.717) is 19.3 Å². The summed E-state index contributed by atoms with van der Waals surface area (Å²) in [5, 5.41) is 0. The number of allylic oxidation sites excluding steroid dienone is 27. The van der Waals surface area contributed by atoms with E-state index in [1.54, 1.807) is 6.08 Å². The molecule has 6 nitrogen and oxygen atoms in total. The van der Waals surface area contributed by atoms with E-state index < -0.39 is 12.1 Å². The van der Waals surface area contributed by atoms with Crippen molar-refractivity contribution in [2.24, 2.45) is 0 Å². The zero-order valence-corrected chi connectivity index (χ0v) is 50.6. The molecular formula is C73H114O6. The molecule has 0 heterocycles. The molecule has 0 aromatic heterocycles. The van der Waals surface area contributed by atoms with Crippen molar-refractivity contribution in [1.29, 1.82) is 0 Å². The lowest BCUT2D eigenvalue weighted by atomic mass is 10.0. The van der Waals surface area contributed by atoms with Crippen molar-refractivity contribution in [3.8, 4) is 0 Å². The van der Waals surface area contributed by atoms with Crippen LogP contribution in [0.2, 0.25) is 0 Å². The smallest absolute Gasteiger partial charge is 0.310 e. The SMILES string of the molecule is CC/C=C\C/C=C\C/C=C\C/C=C\C/C=C\CCCCCCCCCCCCCCCCCC(=O)OCC(COC(=O)CCCC/C=C\C/C=C\C/C=C\C/C=C\CC)OC(=O)C/C=C\C/C=C\C/C=C\C/C=C\C/C=C\CC. The highest BCUT2D eigenvalue weighted by Crippen LogP contribution is 2.15. The molecule has 0 aromatic carbocycles. The van der Waals surface area contributed by atoms with E-state index in [1.165, 1.54) is 83.5 Å². The molecule has 1 unspecified atom stereocenters. The first-order valence-electron chi connectivity index (χ1n) is 31.6. The molecule has 79 heavy (non-hydrogen) atoms. The summed E-state index contributed by atoms with van der Waals surface area (Å²) in [6.45, 7) is 6.17. The van der Waals surface area contributed by atoms with Crippen LogP contribution in [0.3, 0.4) is 0 Å². The second-order valence-electron chi connectivity index (χ2n) is 20.2. The van der Waals surface area contributed by atoms with Crippen LogP contribution in [-0.2, 0) is 28.6 Å². The van der Waals surface area contributed by atoms with Crippen molar-refractivity contribution in [2.45, 2.75) is 258 Å². The van der Waals surface area contributed by atoms with Gasteiger partial charge in [-0.25, -0.2) is 0 Å². The molecule has 0 saturated heterocycles. The first kappa shape index (κ1) is 73.8. The zero-order valence-electron chi connectivity index (χ0n) is 50.6. The van der Waals surface area contributed by atoms with Gasteiger partial charge in [0.05, 0.1) is 6.42 Å². The third-order valence-corrected chi connectivity index (χ3v) is 12.7. The molecule has 0 radical (unpaired) electrons. The van der Waals surface area contributed by atoms with E-state index in [1.807, 2.05) is 6.08 Å². The van der Waals surface area contributed by atoms with Crippen LogP contribution >= 0.6 is 0 Å². The Kier molecular flexibility index (Phi) is 61.0. The Labute approximate surface area is 485 Å². The topological polar surface area (TPSA) is 78.9 Å². The molecule has 0 N–H and O–H groups in total. The minimum atomic E-state index is -0.858. The van der Waals surface area contributed by atoms with Crippen LogP contribution < -0.4 is 0 Å². The lowest BCUT2D eigenvalue weighted by Crippen LogP contribution is -2.30. The number of esters is 3. The minimum Gasteiger partial charge on any atom is -0.462 e. The molecule has 0 amide bonds. The summed E-state index contributed by atoms with van der Waals surface area (Å²) in [6, 6.07) is 0. The van der Waals surface area contributed by atoms with Crippen LogP contribution in [0.5, 0.6) is 0 Å². The van der Waals surface area contributed by atoms with Crippen LogP contribution in [0.1, 0.15) is 252 Å². The fourth-order valence-corrected chi connectivity index (χ4v) is 8.12. The van der Waals surface area contributed by atoms with E-state index in [9.17, 15) is 14.4 Å². The molecule has 0 aromatic rings. The Morgan fingerprint density at radius 1 is 0.266 bits per heavy atom. The normalized spacial score (nSPS) is 13.3. The first-order chi connectivity index (χ1) is 39.0. The summed E-state index contributed by atoms with van der Waals surface area (Å²) in [5.41, 5.74) is 0. The second-order valence-corrected chi connectivity index (χ2v) is 20.2. The molecule has 0 fully saturated rings. The molecule has 0 aliphatic heterocycles. The lowest BCUT2D eigenvalue weighted by Gasteiger charge is -2.18. The van der Waals surface area contributed by atoms with Gasteiger partial charge in [-0.15, -0.1) is 0 Å². The molecule has 0 rings (SSSR count). The van der Waals surface area contributed by atoms with Gasteiger partial charge in [0, 0.05) is 12.8 Å². The fourth-order valence-electron chi connectivity index (χ4n) is 8.12. The number of unbranched alkanes of at least 4 members (excludes halogenated alkanes) is 17. The van der Waals surface area contributed by atoms with Crippen molar-refractivity contribution in [3.63, 3.8) is 0 Å². The van der Waals surface area contributed by atoms with E-state index in [-0.39, 0.29) is 38.0 Å². The molecule has 6 heteroatoms. The summed E-state index contributed by atoms with van der Waals surface area (Å²) in [5.74, 6) is -1.12. The van der Waals surface area contributed by atoms with Crippen molar-refractivity contribution < 1.29 is 28.6 Å². The van der Waals surface area contributed by atoms with E-state index in [2.05, 4.69) is 179 Å². The van der Waals surface area contributed by atoms with E-state index in [0.717, 1.165) is 116 Å². The summed E-state index contributed by atoms with van der Waals surface area (Å²) in [4.78, 5) is 38.2. The van der Waals surface area contributed by atoms with Gasteiger partial charge in [0.1, 0.15) is 13.2 Å². The first-order valence-corrected chi connectivity index (χ1v) is 31.6. The van der Waals surface area contributed by atoms with Crippen LogP contribution in [-0.4, -0.2) is 37.2 Å². The van der Waals surface area contributed by atoms with E-state index >= 15 is 0 Å². The van der Waals surface area contributed by atoms with Gasteiger partial charge in [0.2, 0.25) is 0 Å². The van der Waals surface area contributed by atoms with Crippen LogP contribution in [0.25, 0.3) is 0 Å². The molecule has 0 aliphatic rings. The van der Waals surface area contributed by atoms with Gasteiger partial charge in [-0.3, -0.25) is 14.4 Å². The number of rotatable bonds is 55. The summed E-state index contributed by atoms with van der Waals surface area (Å²) in [6.07, 6.45) is 96.9. The monoisotopic (exact) mass is 1090 g/mol. The zero-order chi connectivity index (χ0) is 57.1. The Balaban J connectivity index is 4.35. The number of carbonyl (C=O) groups excluding carboxylic acids is 3. The Morgan fingerprint density at radius 3 is 0.797 bits per heavy atom. The molecule has 0 aliphatic carbocycles. The van der Waals surface area contributed by atoms with Gasteiger partial charge in [-0.05, 0) is 128 Å². The van der Waals surface area contributed by atoms with E-state index in [4.69, 9.17) is 14.2 Å². The van der Waals surface area contributed by atoms with Crippen LogP contribution in [0, 0.1) is 0 Å². The predicted octanol–water partition coefficient (Wildman–Crippen LogP) is 21.9. The number of ether oxygens (including phenoxy) is 3. The minimum absolute atomic E-state index is 0.0809. The Morgan fingerprint density at radius 2 is 0.494 bits per heavy atom. The third-order valence-electron chi connectivity index (χ3n) is 12.7. The Hall–Kier alpha value is -5.23. The summed E-state index contributed by atoms with van der Waals surface area (Å²) < 4.78 is 16.7. The summed E-state index contributed by atoms with van der Waals surface area (Å²) in [7, 11) is 0. The standard InChI is InChI=1S/C73H114O6/c1-4-7-10-13-16-19-22-25-28-29-30-31-32-33-34-35-36-37-38-39-40-41-42-43-46-48-51-54-57-60-63-66-72(75)78-69-70(79-73(76)67-64-61-58-55-52-49-45-27-24-21-18-15-12-9-6-3)68-77-71(74)65-62-59-56-53-50-47-44-26-23-20-17-14-11-8-5-2/h7-12,16-21,25-28,30-31,33-34,44-45,50,52-53,55,61,64,70H,4-6,13-15,22-24,29,32,35-43,46-49,51,54,56-60,62-63,65-69H2,1-3H3/b10-7-,11-8-,12-9-,19-16-,20-17-,21-18-,28-25-,31-30-,34-33-,44-26-,45-27-,53-50-,55-52-,64-61-. The van der Waals surface area contributed by atoms with Crippen LogP contribution in [0.4, 0.5) is 0 Å². The maximum Gasteiger partial charge on any atom is 0.310 e. The number of carbonyl (C=O) groups is 3. The fraction of sp³-hybridized carbons (Fsp3) is 0.575. The average Bonchev–Trinajstić information content (AvgIpc) is 3.45. The maximum atomic E-state index is 12.8. The molecule has 1 atom stereocenters. The lowest BCUT2D eigenvalue weighted by molar-refractivity contribution is -0.166. The van der Waals surface area contributed by atoms with Gasteiger partial charge in [0.15, 0.2) is 6.10 Å². The average molecular weight is 1090 g/mol. The summed E-state index contributed by atoms with van der Waals surface area (Å²) >= 11 is 0. The molecular weight excluding hydrogens is 973 g/mol. The highest BCUT2D eigenvalue weighted by Gasteiger charge is 2.19. The van der Waals surface area contributed by atoms with Crippen molar-refractivity contribution >= 4 is 17.9 Å². The van der Waals surface area contributed by atoms with Gasteiger partial charge in [0.25, 0.3) is 0 Å². The largest absolute Gasteiger partial charge is 0.462 e. The molecule has 0 bridgehead atoms. The highest BCUT2D eigenvalue weighted by molar-refractivity contribution is 5.72. The molecule has 0 spiro atoms. The van der Waals surface area contributed by atoms with Crippen molar-refractivity contribution in [2.75, 3.05) is 13.2 Å². The van der Waals surface area contributed by atoms with Crippen molar-refractivity contribution in [3.05, 3.63) is 170 Å². The van der Waals surface area contributed by atoms with Gasteiger partial charge >= 0.3 is 17.9 Å². The maximum absolute atomic E-state index is 12.8. The number of hydrogen-bond donors (Lipinski definition) is 0. The predicted molar refractivity (Wildman–Crippen MR) is 343 cm³/mol. The van der Waals surface area contributed by atoms with Crippen LogP contribution in [0.15, 0.2) is 170 Å². The molecule has 442 valence electrons. The second kappa shape index (κ2) is 65.3. The molecule has 0 saturated carbocycles. The highest BCUT2D eigenvalue weighted by atomic mass is 16.6. The van der Waals surface area contributed by atoms with Gasteiger partial charge in [-0.1, -0.05) is 274 Å².